The summed E-state index contributed by atoms with van der Waals surface area (Å²) in [5.41, 5.74) is 0.366. The Morgan fingerprint density at radius 3 is 3.00 bits per heavy atom. The van der Waals surface area contributed by atoms with Gasteiger partial charge in [0, 0.05) is 17.8 Å². The van der Waals surface area contributed by atoms with Gasteiger partial charge < -0.3 is 10.1 Å². The van der Waals surface area contributed by atoms with Gasteiger partial charge in [0.1, 0.15) is 11.4 Å². The molecule has 1 N–H and O–H groups in total. The molecule has 0 saturated carbocycles. The lowest BCUT2D eigenvalue weighted by molar-refractivity contribution is 0.0949. The van der Waals surface area contributed by atoms with E-state index in [2.05, 4.69) is 26.3 Å². The lowest BCUT2D eigenvalue weighted by Crippen LogP contribution is -2.23. The van der Waals surface area contributed by atoms with Crippen molar-refractivity contribution >= 4 is 33.4 Å². The quantitative estimate of drug-likeness (QED) is 0.893. The van der Waals surface area contributed by atoms with E-state index >= 15 is 0 Å². The maximum atomic E-state index is 11.6. The molecular formula is C13H13BrClN3O2. The molecule has 1 heterocycles. The SMILES string of the molecule is CCNC(=O)c1ccn(COc2ccc(Cl)cc2Br)n1. The van der Waals surface area contributed by atoms with Gasteiger partial charge in [0.15, 0.2) is 6.73 Å². The van der Waals surface area contributed by atoms with Gasteiger partial charge in [0.05, 0.1) is 4.47 Å². The first-order valence-electron chi connectivity index (χ1n) is 5.99. The smallest absolute Gasteiger partial charge is 0.271 e. The molecule has 0 aliphatic carbocycles. The number of amides is 1. The van der Waals surface area contributed by atoms with Crippen LogP contribution >= 0.6 is 27.5 Å². The van der Waals surface area contributed by atoms with Crippen LogP contribution in [0.25, 0.3) is 0 Å². The molecule has 2 rings (SSSR count). The highest BCUT2D eigenvalue weighted by atomic mass is 79.9. The van der Waals surface area contributed by atoms with E-state index in [1.807, 2.05) is 6.92 Å². The highest BCUT2D eigenvalue weighted by Gasteiger charge is 2.08. The molecule has 1 amide bonds. The zero-order valence-corrected chi connectivity index (χ0v) is 13.1. The van der Waals surface area contributed by atoms with E-state index in [4.69, 9.17) is 16.3 Å². The fraction of sp³-hybridized carbons (Fsp3) is 0.231. The Morgan fingerprint density at radius 2 is 2.30 bits per heavy atom. The summed E-state index contributed by atoms with van der Waals surface area (Å²) >= 11 is 9.22. The largest absolute Gasteiger partial charge is 0.470 e. The molecule has 5 nitrogen and oxygen atoms in total. The third-order valence-corrected chi connectivity index (χ3v) is 3.31. The highest BCUT2D eigenvalue weighted by molar-refractivity contribution is 9.10. The Labute approximate surface area is 130 Å². The fourth-order valence-electron chi connectivity index (χ4n) is 1.53. The van der Waals surface area contributed by atoms with Crippen molar-refractivity contribution in [2.45, 2.75) is 13.7 Å². The number of ether oxygens (including phenoxy) is 1. The van der Waals surface area contributed by atoms with Gasteiger partial charge in [0.2, 0.25) is 0 Å². The zero-order valence-electron chi connectivity index (χ0n) is 10.8. The number of carbonyl (C=O) groups is 1. The van der Waals surface area contributed by atoms with Gasteiger partial charge in [-0.2, -0.15) is 5.10 Å². The molecule has 2 aromatic rings. The van der Waals surface area contributed by atoms with Crippen LogP contribution in [0.5, 0.6) is 5.75 Å². The highest BCUT2D eigenvalue weighted by Crippen LogP contribution is 2.28. The molecule has 106 valence electrons. The van der Waals surface area contributed by atoms with E-state index < -0.39 is 0 Å². The van der Waals surface area contributed by atoms with Crippen molar-refractivity contribution in [3.8, 4) is 5.75 Å². The van der Waals surface area contributed by atoms with Gasteiger partial charge in [-0.05, 0) is 47.1 Å². The molecule has 0 unspecified atom stereocenters. The van der Waals surface area contributed by atoms with Crippen LogP contribution in [0.15, 0.2) is 34.9 Å². The summed E-state index contributed by atoms with van der Waals surface area (Å²) in [7, 11) is 0. The van der Waals surface area contributed by atoms with Crippen LogP contribution in [0.1, 0.15) is 17.4 Å². The van der Waals surface area contributed by atoms with Crippen LogP contribution < -0.4 is 10.1 Å². The van der Waals surface area contributed by atoms with Gasteiger partial charge in [-0.3, -0.25) is 4.79 Å². The van der Waals surface area contributed by atoms with Crippen LogP contribution in [0.4, 0.5) is 0 Å². The minimum atomic E-state index is -0.195. The number of benzene rings is 1. The predicted molar refractivity (Wildman–Crippen MR) is 80.0 cm³/mol. The summed E-state index contributed by atoms with van der Waals surface area (Å²) in [5.74, 6) is 0.461. The molecule has 20 heavy (non-hydrogen) atoms. The molecule has 1 aromatic heterocycles. The number of hydrogen-bond acceptors (Lipinski definition) is 3. The molecule has 1 aromatic carbocycles. The summed E-state index contributed by atoms with van der Waals surface area (Å²) in [4.78, 5) is 11.6. The topological polar surface area (TPSA) is 56.2 Å². The van der Waals surface area contributed by atoms with Gasteiger partial charge in [-0.15, -0.1) is 0 Å². The Balaban J connectivity index is 1.99. The van der Waals surface area contributed by atoms with Crippen molar-refractivity contribution in [2.24, 2.45) is 0 Å². The monoisotopic (exact) mass is 357 g/mol. The third kappa shape index (κ3) is 3.74. The van der Waals surface area contributed by atoms with Crippen molar-refractivity contribution in [1.82, 2.24) is 15.1 Å². The molecule has 0 aliphatic rings. The third-order valence-electron chi connectivity index (χ3n) is 2.46. The number of nitrogens with zero attached hydrogens (tertiary/aromatic N) is 2. The van der Waals surface area contributed by atoms with Gasteiger partial charge >= 0.3 is 0 Å². The Morgan fingerprint density at radius 1 is 1.50 bits per heavy atom. The van der Waals surface area contributed by atoms with Gasteiger partial charge in [-0.1, -0.05) is 11.6 Å². The molecular weight excluding hydrogens is 346 g/mol. The first kappa shape index (κ1) is 14.9. The molecule has 0 fully saturated rings. The van der Waals surface area contributed by atoms with Crippen molar-refractivity contribution in [3.63, 3.8) is 0 Å². The second kappa shape index (κ2) is 6.76. The molecule has 0 spiro atoms. The maximum absolute atomic E-state index is 11.6. The van der Waals surface area contributed by atoms with Crippen molar-refractivity contribution in [2.75, 3.05) is 6.54 Å². The number of rotatable bonds is 5. The summed E-state index contributed by atoms with van der Waals surface area (Å²) in [5, 5.41) is 7.44. The maximum Gasteiger partial charge on any atom is 0.271 e. The van der Waals surface area contributed by atoms with Crippen LogP contribution in [0.2, 0.25) is 5.02 Å². The van der Waals surface area contributed by atoms with Crippen LogP contribution in [-0.4, -0.2) is 22.2 Å². The Hall–Kier alpha value is -1.53. The summed E-state index contributed by atoms with van der Waals surface area (Å²) in [6.07, 6.45) is 1.69. The van der Waals surface area contributed by atoms with Crippen LogP contribution in [-0.2, 0) is 6.73 Å². The van der Waals surface area contributed by atoms with E-state index in [-0.39, 0.29) is 12.6 Å². The minimum absolute atomic E-state index is 0.195. The average Bonchev–Trinajstić information content (AvgIpc) is 2.87. The molecule has 7 heteroatoms. The average molecular weight is 359 g/mol. The van der Waals surface area contributed by atoms with Gasteiger partial charge in [-0.25, -0.2) is 4.68 Å². The van der Waals surface area contributed by atoms with Crippen LogP contribution in [0.3, 0.4) is 0 Å². The first-order valence-corrected chi connectivity index (χ1v) is 7.16. The number of nitrogens with one attached hydrogen (secondary N) is 1. The Bertz CT molecular complexity index is 615. The summed E-state index contributed by atoms with van der Waals surface area (Å²) in [6.45, 7) is 2.63. The fourth-order valence-corrected chi connectivity index (χ4v) is 2.33. The lowest BCUT2D eigenvalue weighted by Gasteiger charge is -2.08. The normalized spacial score (nSPS) is 10.3. The second-order valence-electron chi connectivity index (χ2n) is 3.95. The van der Waals surface area contributed by atoms with Crippen molar-refractivity contribution in [1.29, 1.82) is 0 Å². The number of hydrogen-bond donors (Lipinski definition) is 1. The lowest BCUT2D eigenvalue weighted by atomic mass is 10.3. The van der Waals surface area contributed by atoms with Crippen LogP contribution in [0, 0.1) is 0 Å². The standard InChI is InChI=1S/C13H13BrClN3O2/c1-2-16-13(19)11-5-6-18(17-11)8-20-12-4-3-9(15)7-10(12)14/h3-7H,2,8H2,1H3,(H,16,19). The molecule has 0 saturated heterocycles. The minimum Gasteiger partial charge on any atom is -0.470 e. The van der Waals surface area contributed by atoms with E-state index in [1.165, 1.54) is 0 Å². The summed E-state index contributed by atoms with van der Waals surface area (Å²) in [6, 6.07) is 6.90. The molecule has 0 bridgehead atoms. The molecule has 0 aliphatic heterocycles. The molecule has 0 atom stereocenters. The van der Waals surface area contributed by atoms with E-state index in [0.717, 1.165) is 4.47 Å². The zero-order chi connectivity index (χ0) is 14.5. The van der Waals surface area contributed by atoms with Gasteiger partial charge in [0.25, 0.3) is 5.91 Å². The number of carbonyl (C=O) groups excluding carboxylic acids is 1. The number of aromatic nitrogens is 2. The van der Waals surface area contributed by atoms with Crippen molar-refractivity contribution < 1.29 is 9.53 Å². The van der Waals surface area contributed by atoms with E-state index in [9.17, 15) is 4.79 Å². The van der Waals surface area contributed by atoms with Crippen molar-refractivity contribution in [3.05, 3.63) is 45.7 Å². The molecule has 0 radical (unpaired) electrons. The first-order chi connectivity index (χ1) is 9.60. The van der Waals surface area contributed by atoms with E-state index in [1.54, 1.807) is 35.1 Å². The number of halogens is 2. The summed E-state index contributed by atoms with van der Waals surface area (Å²) < 4.78 is 7.91. The Kier molecular flexibility index (Phi) is 5.03. The van der Waals surface area contributed by atoms with E-state index in [0.29, 0.717) is 23.0 Å². The predicted octanol–water partition coefficient (Wildman–Crippen LogP) is 3.09. The second-order valence-corrected chi connectivity index (χ2v) is 5.24.